The molecular formula is BBaMgO3+. The first-order chi connectivity index (χ1) is 1.73. The molecule has 0 aromatic rings. The Morgan fingerprint density at radius 1 is 1.00 bits per heavy atom. The average molecular weight is 220 g/mol. The van der Waals surface area contributed by atoms with E-state index < -0.39 is 7.32 Å². The molecule has 6 heavy (non-hydrogen) atoms. The van der Waals surface area contributed by atoms with E-state index in [2.05, 4.69) is 0 Å². The Morgan fingerprint density at radius 3 is 1.00 bits per heavy atom. The van der Waals surface area contributed by atoms with E-state index in [1.165, 1.54) is 0 Å². The van der Waals surface area contributed by atoms with Gasteiger partial charge in [0.15, 0.2) is 0 Å². The average Bonchev–Trinajstić information content (AvgIpc) is 0.811. The Balaban J connectivity index is -0.0000000450. The molecule has 0 amide bonds. The molecule has 0 saturated heterocycles. The molecule has 0 unspecified atom stereocenters. The Labute approximate surface area is 92.5 Å². The summed E-state index contributed by atoms with van der Waals surface area (Å²) < 4.78 is 0. The molecule has 0 radical (unpaired) electrons. The maximum atomic E-state index is 8.42. The van der Waals surface area contributed by atoms with Crippen LogP contribution in [0.25, 0.3) is 0 Å². The van der Waals surface area contributed by atoms with Crippen LogP contribution < -0.4 is 15.1 Å². The predicted molar refractivity (Wildman–Crippen MR) is 17.3 cm³/mol. The molecule has 0 saturated carbocycles. The smallest absolute Gasteiger partial charge is 0.907 e. The second-order valence-electron chi connectivity index (χ2n) is 0.289. The topological polar surface area (TPSA) is 69.2 Å². The van der Waals surface area contributed by atoms with E-state index in [0.717, 1.165) is 0 Å². The molecule has 0 N–H and O–H groups in total. The van der Waals surface area contributed by atoms with Gasteiger partial charge in [-0.1, -0.05) is 0 Å². The standard InChI is InChI=1S/BO3.Ba.Mg/c2-1(3)4;;/q-3;2*+2. The van der Waals surface area contributed by atoms with Crippen molar-refractivity contribution in [2.24, 2.45) is 0 Å². The van der Waals surface area contributed by atoms with Crippen LogP contribution >= 0.6 is 0 Å². The van der Waals surface area contributed by atoms with Crippen LogP contribution in [-0.4, -0.2) is 79.3 Å². The first-order valence-corrected chi connectivity index (χ1v) is 0.707. The summed E-state index contributed by atoms with van der Waals surface area (Å²) in [7, 11) is -2.92. The second kappa shape index (κ2) is 10.3. The molecule has 0 fully saturated rings. The minimum Gasteiger partial charge on any atom is -0.907 e. The second-order valence-corrected chi connectivity index (χ2v) is 0.289. The maximum Gasteiger partial charge on any atom is 2.00 e. The zero-order valence-electron chi connectivity index (χ0n) is 3.22. The van der Waals surface area contributed by atoms with Crippen LogP contribution in [0.15, 0.2) is 0 Å². The summed E-state index contributed by atoms with van der Waals surface area (Å²) in [6.07, 6.45) is 0. The third-order valence-corrected chi connectivity index (χ3v) is 0. The van der Waals surface area contributed by atoms with Crippen LogP contribution in [0, 0.1) is 0 Å². The van der Waals surface area contributed by atoms with Crippen molar-refractivity contribution < 1.29 is 15.1 Å². The molecule has 0 bridgehead atoms. The van der Waals surface area contributed by atoms with Gasteiger partial charge in [-0.2, -0.15) is 0 Å². The maximum absolute atomic E-state index is 8.42. The van der Waals surface area contributed by atoms with Gasteiger partial charge in [0, 0.05) is 0 Å². The van der Waals surface area contributed by atoms with Crippen molar-refractivity contribution in [3.05, 3.63) is 0 Å². The molecule has 0 heterocycles. The van der Waals surface area contributed by atoms with Crippen molar-refractivity contribution in [2.45, 2.75) is 0 Å². The fourth-order valence-electron chi connectivity index (χ4n) is 0. The monoisotopic (exact) mass is 221 g/mol. The summed E-state index contributed by atoms with van der Waals surface area (Å²) in [4.78, 5) is 0. The third-order valence-electron chi connectivity index (χ3n) is 0. The van der Waals surface area contributed by atoms with Gasteiger partial charge in [0.2, 0.25) is 0 Å². The molecule has 3 nitrogen and oxygen atoms in total. The van der Waals surface area contributed by atoms with E-state index >= 15 is 0 Å². The van der Waals surface area contributed by atoms with E-state index in [-0.39, 0.29) is 71.9 Å². The molecule has 0 atom stereocenters. The Hall–Kier alpha value is 2.28. The zero-order valence-corrected chi connectivity index (χ0v) is 9.07. The van der Waals surface area contributed by atoms with E-state index in [9.17, 15) is 0 Å². The molecule has 6 heteroatoms. The summed E-state index contributed by atoms with van der Waals surface area (Å²) in [5.74, 6) is 0. The molecule has 0 aliphatic carbocycles. The van der Waals surface area contributed by atoms with Crippen LogP contribution in [0.4, 0.5) is 0 Å². The summed E-state index contributed by atoms with van der Waals surface area (Å²) in [5, 5.41) is 25.2. The van der Waals surface area contributed by atoms with Crippen LogP contribution in [0.2, 0.25) is 0 Å². The number of hydrogen-bond acceptors (Lipinski definition) is 3. The van der Waals surface area contributed by atoms with Crippen LogP contribution in [0.5, 0.6) is 0 Å². The van der Waals surface area contributed by atoms with Gasteiger partial charge in [0.05, 0.1) is 0 Å². The summed E-state index contributed by atoms with van der Waals surface area (Å²) in [5.41, 5.74) is 0. The molecule has 0 rings (SSSR count). The molecular weight excluding hydrogens is 220 g/mol. The Morgan fingerprint density at radius 2 is 1.00 bits per heavy atom. The molecule has 0 aliphatic rings. The number of rotatable bonds is 0. The van der Waals surface area contributed by atoms with E-state index in [4.69, 9.17) is 15.1 Å². The quantitative estimate of drug-likeness (QED) is 0.385. The minimum atomic E-state index is -2.92. The first kappa shape index (κ1) is 15.7. The van der Waals surface area contributed by atoms with Crippen molar-refractivity contribution in [1.82, 2.24) is 0 Å². The Bertz CT molecular complexity index is 15.5. The fraction of sp³-hybridized carbons (Fsp3) is 0. The van der Waals surface area contributed by atoms with Gasteiger partial charge in [-0.05, 0) is 0 Å². The SMILES string of the molecule is [Ba+2].[Mg+2].[O-]B([O-])[O-]. The van der Waals surface area contributed by atoms with Crippen LogP contribution in [0.1, 0.15) is 0 Å². The van der Waals surface area contributed by atoms with Gasteiger partial charge < -0.3 is 15.1 Å². The minimum absolute atomic E-state index is 0. The van der Waals surface area contributed by atoms with Crippen molar-refractivity contribution in [2.75, 3.05) is 0 Å². The molecule has 0 aliphatic heterocycles. The normalized spacial score (nSPS) is 4.50. The Kier molecular flexibility index (Phi) is 27.0. The van der Waals surface area contributed by atoms with Gasteiger partial charge in [-0.15, -0.1) is 0 Å². The van der Waals surface area contributed by atoms with Gasteiger partial charge in [-0.25, -0.2) is 0 Å². The van der Waals surface area contributed by atoms with Crippen molar-refractivity contribution >= 4 is 79.3 Å². The zero-order chi connectivity index (χ0) is 3.58. The van der Waals surface area contributed by atoms with Crippen molar-refractivity contribution in [3.63, 3.8) is 0 Å². The largest absolute Gasteiger partial charge is 2.00 e. The summed E-state index contributed by atoms with van der Waals surface area (Å²) in [6, 6.07) is 0. The number of hydrogen-bond donors (Lipinski definition) is 0. The van der Waals surface area contributed by atoms with E-state index in [1.807, 2.05) is 0 Å². The van der Waals surface area contributed by atoms with Crippen molar-refractivity contribution in [3.8, 4) is 0 Å². The van der Waals surface area contributed by atoms with Gasteiger partial charge in [0.25, 0.3) is 0 Å². The first-order valence-electron chi connectivity index (χ1n) is 0.707. The van der Waals surface area contributed by atoms with E-state index in [1.54, 1.807) is 0 Å². The van der Waals surface area contributed by atoms with E-state index in [0.29, 0.717) is 0 Å². The van der Waals surface area contributed by atoms with Crippen LogP contribution in [-0.2, 0) is 0 Å². The summed E-state index contributed by atoms with van der Waals surface area (Å²) >= 11 is 0. The van der Waals surface area contributed by atoms with Crippen molar-refractivity contribution in [1.29, 1.82) is 0 Å². The van der Waals surface area contributed by atoms with Gasteiger partial charge in [-0.3, -0.25) is 7.32 Å². The summed E-state index contributed by atoms with van der Waals surface area (Å²) in [6.45, 7) is 0. The third kappa shape index (κ3) is 33.6. The molecule has 0 aromatic heterocycles. The predicted octanol–water partition coefficient (Wildman–Crippen LogP) is -4.71. The van der Waals surface area contributed by atoms with Crippen LogP contribution in [0.3, 0.4) is 0 Å². The fourth-order valence-corrected chi connectivity index (χ4v) is 0. The van der Waals surface area contributed by atoms with Gasteiger partial charge >= 0.3 is 71.9 Å². The van der Waals surface area contributed by atoms with Gasteiger partial charge in [0.1, 0.15) is 0 Å². The molecule has 0 spiro atoms. The molecule has 24 valence electrons. The molecule has 0 aromatic carbocycles.